The summed E-state index contributed by atoms with van der Waals surface area (Å²) in [6.07, 6.45) is 0. The van der Waals surface area contributed by atoms with E-state index in [1.165, 1.54) is 0 Å². The minimum atomic E-state index is 0.463. The first-order valence-electron chi connectivity index (χ1n) is 3.28. The lowest BCUT2D eigenvalue weighted by molar-refractivity contribution is 1.28. The average molecular weight is 198 g/mol. The summed E-state index contributed by atoms with van der Waals surface area (Å²) in [5.74, 6) is 0.463. The van der Waals surface area contributed by atoms with E-state index < -0.39 is 0 Å². The molecule has 0 atom stereocenters. The van der Waals surface area contributed by atoms with Crippen LogP contribution in [0.2, 0.25) is 0 Å². The van der Waals surface area contributed by atoms with Crippen LogP contribution in [0.4, 0.5) is 5.82 Å². The van der Waals surface area contributed by atoms with Gasteiger partial charge in [0.25, 0.3) is 0 Å². The van der Waals surface area contributed by atoms with Crippen molar-refractivity contribution in [2.75, 3.05) is 5.73 Å². The molecule has 2 heterocycles. The predicted octanol–water partition coefficient (Wildman–Crippen LogP) is 1.55. The van der Waals surface area contributed by atoms with E-state index in [9.17, 15) is 0 Å². The maximum Gasteiger partial charge on any atom is 0.167 e. The van der Waals surface area contributed by atoms with Gasteiger partial charge < -0.3 is 5.73 Å². The number of anilines is 1. The molecule has 0 amide bonds. The van der Waals surface area contributed by atoms with Crippen LogP contribution in [0.1, 0.15) is 5.01 Å². The quantitative estimate of drug-likeness (QED) is 0.755. The fourth-order valence-corrected chi connectivity index (χ4v) is 1.93. The maximum absolute atomic E-state index is 5.58. The Morgan fingerprint density at radius 1 is 1.42 bits per heavy atom. The summed E-state index contributed by atoms with van der Waals surface area (Å²) in [6, 6.07) is 0. The van der Waals surface area contributed by atoms with Crippen molar-refractivity contribution < 1.29 is 0 Å². The van der Waals surface area contributed by atoms with Crippen LogP contribution in [-0.4, -0.2) is 13.7 Å². The molecule has 2 N–H and O–H groups in total. The van der Waals surface area contributed by atoms with E-state index in [2.05, 4.69) is 13.7 Å². The highest BCUT2D eigenvalue weighted by molar-refractivity contribution is 7.09. The van der Waals surface area contributed by atoms with Crippen LogP contribution in [-0.2, 0) is 0 Å². The molecule has 12 heavy (non-hydrogen) atoms. The van der Waals surface area contributed by atoms with Gasteiger partial charge >= 0.3 is 0 Å². The van der Waals surface area contributed by atoms with Gasteiger partial charge in [-0.15, -0.1) is 11.3 Å². The second-order valence-corrected chi connectivity index (χ2v) is 3.84. The number of rotatable bonds is 1. The van der Waals surface area contributed by atoms with Crippen molar-refractivity contribution >= 4 is 28.9 Å². The van der Waals surface area contributed by atoms with Gasteiger partial charge in [-0.05, 0) is 6.92 Å². The van der Waals surface area contributed by atoms with Gasteiger partial charge in [-0.2, -0.15) is 8.75 Å². The van der Waals surface area contributed by atoms with E-state index in [0.29, 0.717) is 11.5 Å². The smallest absolute Gasteiger partial charge is 0.167 e. The molecule has 0 saturated heterocycles. The molecule has 0 unspecified atom stereocenters. The Kier molecular flexibility index (Phi) is 1.78. The molecule has 0 aliphatic carbocycles. The normalized spacial score (nSPS) is 10.4. The Balaban J connectivity index is 2.50. The van der Waals surface area contributed by atoms with Gasteiger partial charge in [-0.3, -0.25) is 0 Å². The molecule has 0 aliphatic heterocycles. The zero-order valence-corrected chi connectivity index (χ0v) is 7.95. The Bertz CT molecular complexity index is 392. The summed E-state index contributed by atoms with van der Waals surface area (Å²) in [5, 5.41) is 2.94. The number of thiazole rings is 1. The predicted molar refractivity (Wildman–Crippen MR) is 50.2 cm³/mol. The third-order valence-corrected chi connectivity index (χ3v) is 2.69. The molecule has 0 radical (unpaired) electrons. The van der Waals surface area contributed by atoms with Gasteiger partial charge in [-0.25, -0.2) is 4.98 Å². The molecule has 4 nitrogen and oxygen atoms in total. The van der Waals surface area contributed by atoms with Crippen molar-refractivity contribution in [2.24, 2.45) is 0 Å². The molecule has 0 bridgehead atoms. The van der Waals surface area contributed by atoms with Crippen LogP contribution < -0.4 is 5.73 Å². The highest BCUT2D eigenvalue weighted by Gasteiger charge is 2.09. The van der Waals surface area contributed by atoms with Gasteiger partial charge in [0, 0.05) is 5.38 Å². The number of nitrogens with two attached hydrogens (primary N) is 1. The Hall–Kier alpha value is -1.01. The minimum Gasteiger partial charge on any atom is -0.381 e. The molecule has 6 heteroatoms. The van der Waals surface area contributed by atoms with Crippen LogP contribution in [0.3, 0.4) is 0 Å². The van der Waals surface area contributed by atoms with Crippen molar-refractivity contribution in [2.45, 2.75) is 6.92 Å². The van der Waals surface area contributed by atoms with E-state index in [0.717, 1.165) is 22.4 Å². The first-order chi connectivity index (χ1) is 5.77. The number of hydrogen-bond donors (Lipinski definition) is 1. The average Bonchev–Trinajstić information content (AvgIpc) is 2.58. The van der Waals surface area contributed by atoms with Gasteiger partial charge in [0.2, 0.25) is 0 Å². The molecule has 2 aromatic heterocycles. The first-order valence-corrected chi connectivity index (χ1v) is 4.89. The van der Waals surface area contributed by atoms with Gasteiger partial charge in [0.1, 0.15) is 11.4 Å². The molecule has 0 saturated carbocycles. The van der Waals surface area contributed by atoms with Crippen LogP contribution in [0.5, 0.6) is 0 Å². The fourth-order valence-electron chi connectivity index (χ4n) is 0.845. The molecular formula is C6H6N4S2. The molecule has 0 spiro atoms. The van der Waals surface area contributed by atoms with Gasteiger partial charge in [-0.1, -0.05) is 0 Å². The van der Waals surface area contributed by atoms with Crippen molar-refractivity contribution in [1.82, 2.24) is 13.7 Å². The highest BCUT2D eigenvalue weighted by Crippen LogP contribution is 2.24. The van der Waals surface area contributed by atoms with E-state index >= 15 is 0 Å². The molecule has 0 fully saturated rings. The number of aromatic nitrogens is 3. The molecule has 2 aromatic rings. The van der Waals surface area contributed by atoms with Crippen LogP contribution >= 0.6 is 23.1 Å². The summed E-state index contributed by atoms with van der Waals surface area (Å²) in [4.78, 5) is 4.26. The van der Waals surface area contributed by atoms with Crippen LogP contribution in [0.25, 0.3) is 11.4 Å². The van der Waals surface area contributed by atoms with Crippen molar-refractivity contribution in [3.63, 3.8) is 0 Å². The van der Waals surface area contributed by atoms with Crippen LogP contribution in [0, 0.1) is 6.92 Å². The zero-order valence-electron chi connectivity index (χ0n) is 6.31. The fraction of sp³-hybridized carbons (Fsp3) is 0.167. The standard InChI is InChI=1S/C6H6N4S2/c1-3-8-4(2-11-3)5-6(7)10-12-9-5/h2H,1H3,(H2,7,10). The molecule has 62 valence electrons. The van der Waals surface area contributed by atoms with Crippen molar-refractivity contribution in [3.05, 3.63) is 10.4 Å². The minimum absolute atomic E-state index is 0.463. The topological polar surface area (TPSA) is 64.7 Å². The Morgan fingerprint density at radius 3 is 2.75 bits per heavy atom. The Labute approximate surface area is 77.4 Å². The first kappa shape index (κ1) is 7.63. The highest BCUT2D eigenvalue weighted by atomic mass is 32.1. The number of hydrogen-bond acceptors (Lipinski definition) is 6. The lowest BCUT2D eigenvalue weighted by Crippen LogP contribution is -1.88. The summed E-state index contributed by atoms with van der Waals surface area (Å²) in [7, 11) is 0. The summed E-state index contributed by atoms with van der Waals surface area (Å²) >= 11 is 2.69. The second-order valence-electron chi connectivity index (χ2n) is 2.25. The summed E-state index contributed by atoms with van der Waals surface area (Å²) in [5.41, 5.74) is 7.10. The largest absolute Gasteiger partial charge is 0.381 e. The van der Waals surface area contributed by atoms with Gasteiger partial charge in [0.15, 0.2) is 5.82 Å². The maximum atomic E-state index is 5.58. The second kappa shape index (κ2) is 2.80. The van der Waals surface area contributed by atoms with E-state index in [4.69, 9.17) is 5.73 Å². The van der Waals surface area contributed by atoms with E-state index in [1.807, 2.05) is 12.3 Å². The molecule has 0 aromatic carbocycles. The van der Waals surface area contributed by atoms with Crippen molar-refractivity contribution in [3.8, 4) is 11.4 Å². The van der Waals surface area contributed by atoms with Crippen LogP contribution in [0.15, 0.2) is 5.38 Å². The lowest BCUT2D eigenvalue weighted by atomic mass is 10.3. The third-order valence-electron chi connectivity index (χ3n) is 1.38. The number of nitrogen functional groups attached to an aromatic ring is 1. The molecular weight excluding hydrogens is 192 g/mol. The lowest BCUT2D eigenvalue weighted by Gasteiger charge is -1.87. The summed E-state index contributed by atoms with van der Waals surface area (Å²) < 4.78 is 7.92. The number of aryl methyl sites for hydroxylation is 1. The Morgan fingerprint density at radius 2 is 2.25 bits per heavy atom. The third kappa shape index (κ3) is 1.19. The SMILES string of the molecule is Cc1nc(-c2nsnc2N)cs1. The van der Waals surface area contributed by atoms with E-state index in [1.54, 1.807) is 11.3 Å². The summed E-state index contributed by atoms with van der Waals surface area (Å²) in [6.45, 7) is 1.95. The van der Waals surface area contributed by atoms with Gasteiger partial charge in [0.05, 0.1) is 16.7 Å². The van der Waals surface area contributed by atoms with Crippen molar-refractivity contribution in [1.29, 1.82) is 0 Å². The molecule has 2 rings (SSSR count). The van der Waals surface area contributed by atoms with E-state index in [-0.39, 0.29) is 0 Å². The monoisotopic (exact) mass is 198 g/mol. The number of nitrogens with zero attached hydrogens (tertiary/aromatic N) is 3. The zero-order chi connectivity index (χ0) is 8.55. The molecule has 0 aliphatic rings.